The molecule has 7 nitrogen and oxygen atoms in total. The summed E-state index contributed by atoms with van der Waals surface area (Å²) in [5.41, 5.74) is 6.60. The molecule has 0 unspecified atom stereocenters. The Kier molecular flexibility index (Phi) is 7.17. The van der Waals surface area contributed by atoms with Gasteiger partial charge in [-0.15, -0.1) is 0 Å². The molecule has 1 saturated heterocycles. The average Bonchev–Trinajstić information content (AvgIpc) is 3.26. The molecule has 1 aliphatic heterocycles. The molecule has 4 aromatic rings. The second-order valence-electron chi connectivity index (χ2n) is 10.1. The van der Waals surface area contributed by atoms with Crippen molar-refractivity contribution in [1.82, 2.24) is 19.8 Å². The second-order valence-corrected chi connectivity index (χ2v) is 10.1. The Bertz CT molecular complexity index is 1430. The standard InChI is InChI=1S/C30H33N5O2/c1-20-4-9-26(17-27(20)28(36)16-23-15-25-14-21(2)32-29(25)31-18-23)33-30(37)24-7-5-22(6-8-24)19-35-12-10-34(3)11-13-35/h4-9,14-15,17-18H,10-13,16,19H2,1-3H3,(H,31,32)(H,33,37). The smallest absolute Gasteiger partial charge is 0.255 e. The van der Waals surface area contributed by atoms with Gasteiger partial charge in [-0.1, -0.05) is 18.2 Å². The Morgan fingerprint density at radius 2 is 1.70 bits per heavy atom. The van der Waals surface area contributed by atoms with Gasteiger partial charge in [0.25, 0.3) is 5.91 Å². The number of piperazine rings is 1. The van der Waals surface area contributed by atoms with Gasteiger partial charge in [0.05, 0.1) is 0 Å². The van der Waals surface area contributed by atoms with E-state index in [1.54, 1.807) is 12.3 Å². The number of ketones is 1. The first kappa shape index (κ1) is 24.9. The first-order chi connectivity index (χ1) is 17.8. The van der Waals surface area contributed by atoms with Gasteiger partial charge in [-0.05, 0) is 74.0 Å². The van der Waals surface area contributed by atoms with Gasteiger partial charge >= 0.3 is 0 Å². The third kappa shape index (κ3) is 5.96. The number of rotatable bonds is 7. The number of anilines is 1. The lowest BCUT2D eigenvalue weighted by atomic mass is 9.99. The molecule has 1 amide bonds. The molecule has 0 spiro atoms. The van der Waals surface area contributed by atoms with Gasteiger partial charge in [0, 0.05) is 73.2 Å². The van der Waals surface area contributed by atoms with Crippen molar-refractivity contribution in [3.05, 3.63) is 94.3 Å². The molecular formula is C30H33N5O2. The molecule has 190 valence electrons. The second kappa shape index (κ2) is 10.7. The highest BCUT2D eigenvalue weighted by atomic mass is 16.1. The highest BCUT2D eigenvalue weighted by molar-refractivity contribution is 6.06. The molecular weight excluding hydrogens is 462 g/mol. The van der Waals surface area contributed by atoms with Gasteiger partial charge in [-0.25, -0.2) is 4.98 Å². The summed E-state index contributed by atoms with van der Waals surface area (Å²) in [5, 5.41) is 3.95. The fraction of sp³-hybridized carbons (Fsp3) is 0.300. The SMILES string of the molecule is Cc1cc2cc(CC(=O)c3cc(NC(=O)c4ccc(CN5CCN(C)CC5)cc4)ccc3C)cnc2[nH]1. The number of pyridine rings is 1. The molecule has 0 bridgehead atoms. The van der Waals surface area contributed by atoms with Crippen LogP contribution in [-0.2, 0) is 13.0 Å². The Hall–Kier alpha value is -3.81. The van der Waals surface area contributed by atoms with Gasteiger partial charge < -0.3 is 15.2 Å². The Balaban J connectivity index is 1.23. The van der Waals surface area contributed by atoms with Crippen LogP contribution in [0.25, 0.3) is 11.0 Å². The normalized spacial score (nSPS) is 14.7. The highest BCUT2D eigenvalue weighted by Gasteiger charge is 2.16. The molecule has 0 atom stereocenters. The maximum Gasteiger partial charge on any atom is 0.255 e. The molecule has 0 radical (unpaired) electrons. The van der Waals surface area contributed by atoms with Crippen molar-refractivity contribution >= 4 is 28.4 Å². The van der Waals surface area contributed by atoms with Crippen LogP contribution in [0.1, 0.15) is 43.1 Å². The zero-order chi connectivity index (χ0) is 25.9. The van der Waals surface area contributed by atoms with Crippen LogP contribution in [0.4, 0.5) is 5.69 Å². The molecule has 0 saturated carbocycles. The summed E-state index contributed by atoms with van der Waals surface area (Å²) in [6, 6.07) is 17.3. The van der Waals surface area contributed by atoms with E-state index >= 15 is 0 Å². The number of nitrogens with zero attached hydrogens (tertiary/aromatic N) is 3. The van der Waals surface area contributed by atoms with Gasteiger partial charge in [0.1, 0.15) is 5.65 Å². The van der Waals surface area contributed by atoms with Crippen molar-refractivity contribution in [3.8, 4) is 0 Å². The van der Waals surface area contributed by atoms with E-state index in [1.807, 2.05) is 62.4 Å². The predicted molar refractivity (Wildman–Crippen MR) is 147 cm³/mol. The molecule has 5 rings (SSSR count). The van der Waals surface area contributed by atoms with Crippen LogP contribution >= 0.6 is 0 Å². The number of carbonyl (C=O) groups excluding carboxylic acids is 2. The summed E-state index contributed by atoms with van der Waals surface area (Å²) < 4.78 is 0. The van der Waals surface area contributed by atoms with Crippen molar-refractivity contribution in [2.24, 2.45) is 0 Å². The van der Waals surface area contributed by atoms with E-state index in [4.69, 9.17) is 0 Å². The molecule has 2 aromatic heterocycles. The van der Waals surface area contributed by atoms with E-state index in [2.05, 4.69) is 32.1 Å². The Labute approximate surface area is 217 Å². The van der Waals surface area contributed by atoms with Gasteiger partial charge in [-0.2, -0.15) is 0 Å². The molecule has 1 fully saturated rings. The van der Waals surface area contributed by atoms with Gasteiger partial charge in [-0.3, -0.25) is 14.5 Å². The largest absolute Gasteiger partial charge is 0.344 e. The van der Waals surface area contributed by atoms with Crippen LogP contribution in [0.15, 0.2) is 60.8 Å². The number of hydrogen-bond donors (Lipinski definition) is 2. The monoisotopic (exact) mass is 495 g/mol. The minimum atomic E-state index is -0.189. The number of carbonyl (C=O) groups is 2. The average molecular weight is 496 g/mol. The number of amides is 1. The number of aromatic nitrogens is 2. The number of benzene rings is 2. The van der Waals surface area contributed by atoms with Crippen molar-refractivity contribution in [2.75, 3.05) is 38.5 Å². The van der Waals surface area contributed by atoms with Crippen molar-refractivity contribution < 1.29 is 9.59 Å². The number of likely N-dealkylation sites (N-methyl/N-ethyl adjacent to an activating group) is 1. The van der Waals surface area contributed by atoms with Crippen LogP contribution in [0, 0.1) is 13.8 Å². The summed E-state index contributed by atoms with van der Waals surface area (Å²) >= 11 is 0. The number of aryl methyl sites for hydroxylation is 2. The lowest BCUT2D eigenvalue weighted by Gasteiger charge is -2.32. The third-order valence-corrected chi connectivity index (χ3v) is 7.04. The van der Waals surface area contributed by atoms with Crippen molar-refractivity contribution in [3.63, 3.8) is 0 Å². The number of fused-ring (bicyclic) bond motifs is 1. The summed E-state index contributed by atoms with van der Waals surface area (Å²) in [5.74, 6) is -0.193. The zero-order valence-electron chi connectivity index (χ0n) is 21.7. The summed E-state index contributed by atoms with van der Waals surface area (Å²) in [4.78, 5) is 38.5. The zero-order valence-corrected chi connectivity index (χ0v) is 21.7. The highest BCUT2D eigenvalue weighted by Crippen LogP contribution is 2.21. The number of Topliss-reactive ketones (excluding diaryl/α,β-unsaturated/α-hetero) is 1. The van der Waals surface area contributed by atoms with Crippen LogP contribution in [0.2, 0.25) is 0 Å². The van der Waals surface area contributed by atoms with Gasteiger partial charge in [0.15, 0.2) is 5.78 Å². The summed E-state index contributed by atoms with van der Waals surface area (Å²) in [7, 11) is 2.15. The van der Waals surface area contributed by atoms with Crippen LogP contribution < -0.4 is 5.32 Å². The Morgan fingerprint density at radius 1 is 0.946 bits per heavy atom. The number of hydrogen-bond acceptors (Lipinski definition) is 5. The maximum absolute atomic E-state index is 13.1. The molecule has 37 heavy (non-hydrogen) atoms. The molecule has 2 aromatic carbocycles. The summed E-state index contributed by atoms with van der Waals surface area (Å²) in [6.07, 6.45) is 1.99. The minimum Gasteiger partial charge on any atom is -0.344 e. The first-order valence-electron chi connectivity index (χ1n) is 12.7. The van der Waals surface area contributed by atoms with Crippen LogP contribution in [0.5, 0.6) is 0 Å². The lowest BCUT2D eigenvalue weighted by Crippen LogP contribution is -2.43. The molecule has 1 aliphatic rings. The quantitative estimate of drug-likeness (QED) is 0.366. The van der Waals surface area contributed by atoms with E-state index in [0.717, 1.165) is 60.6 Å². The van der Waals surface area contributed by atoms with E-state index < -0.39 is 0 Å². The van der Waals surface area contributed by atoms with Gasteiger partial charge in [0.2, 0.25) is 0 Å². The van der Waals surface area contributed by atoms with Crippen molar-refractivity contribution in [2.45, 2.75) is 26.8 Å². The van der Waals surface area contributed by atoms with E-state index in [0.29, 0.717) is 16.8 Å². The lowest BCUT2D eigenvalue weighted by molar-refractivity contribution is 0.0989. The molecule has 0 aliphatic carbocycles. The molecule has 7 heteroatoms. The van der Waals surface area contributed by atoms with Crippen LogP contribution in [0.3, 0.4) is 0 Å². The maximum atomic E-state index is 13.1. The number of nitrogens with one attached hydrogen (secondary N) is 2. The van der Waals surface area contributed by atoms with E-state index in [-0.39, 0.29) is 18.1 Å². The minimum absolute atomic E-state index is 0.00438. The van der Waals surface area contributed by atoms with E-state index in [9.17, 15) is 9.59 Å². The van der Waals surface area contributed by atoms with Crippen LogP contribution in [-0.4, -0.2) is 64.7 Å². The van der Waals surface area contributed by atoms with E-state index in [1.165, 1.54) is 5.56 Å². The third-order valence-electron chi connectivity index (χ3n) is 7.04. The first-order valence-corrected chi connectivity index (χ1v) is 12.7. The predicted octanol–water partition coefficient (Wildman–Crippen LogP) is 4.60. The number of H-pyrrole nitrogens is 1. The topological polar surface area (TPSA) is 81.3 Å². The van der Waals surface area contributed by atoms with Crippen molar-refractivity contribution in [1.29, 1.82) is 0 Å². The molecule has 3 heterocycles. The Morgan fingerprint density at radius 3 is 2.46 bits per heavy atom. The molecule has 2 N–H and O–H groups in total. The summed E-state index contributed by atoms with van der Waals surface area (Å²) in [6.45, 7) is 9.08. The fourth-order valence-corrected chi connectivity index (χ4v) is 4.80. The number of aromatic amines is 1. The fourth-order valence-electron chi connectivity index (χ4n) is 4.80.